The number of nitrogens with zero attached hydrogens (tertiary/aromatic N) is 2. The molecule has 0 aliphatic rings. The number of carboxylic acids is 1. The van der Waals surface area contributed by atoms with Gasteiger partial charge in [0.2, 0.25) is 0 Å². The Morgan fingerprint density at radius 2 is 2.19 bits per heavy atom. The monoisotopic (exact) mass is 218 g/mol. The van der Waals surface area contributed by atoms with Crippen molar-refractivity contribution in [1.82, 2.24) is 10.1 Å². The first kappa shape index (κ1) is 10.4. The molecule has 0 fully saturated rings. The summed E-state index contributed by atoms with van der Waals surface area (Å²) in [6.07, 6.45) is 1.45. The molecule has 0 saturated carbocycles. The molecule has 2 heterocycles. The Morgan fingerprint density at radius 1 is 1.44 bits per heavy atom. The lowest BCUT2D eigenvalue weighted by Gasteiger charge is -2.03. The highest BCUT2D eigenvalue weighted by Crippen LogP contribution is 2.28. The predicted molar refractivity (Wildman–Crippen MR) is 56.2 cm³/mol. The maximum Gasteiger partial charge on any atom is 0.355 e. The van der Waals surface area contributed by atoms with Crippen molar-refractivity contribution in [3.8, 4) is 11.1 Å². The molecule has 0 aliphatic carbocycles. The number of aromatic carboxylic acids is 1. The molecule has 0 aliphatic heterocycles. The zero-order valence-corrected chi connectivity index (χ0v) is 8.89. The molecule has 0 saturated heterocycles. The van der Waals surface area contributed by atoms with E-state index in [4.69, 9.17) is 9.63 Å². The second-order valence-corrected chi connectivity index (χ2v) is 3.40. The standard InChI is InChI=1S/C11H10N2O3/c1-6-9(7(2)16-13-6)8-4-3-5-12-10(8)11(14)15/h3-5H,1-2H3,(H,14,15). The minimum absolute atomic E-state index is 0.0110. The van der Waals surface area contributed by atoms with E-state index in [0.29, 0.717) is 22.6 Å². The Kier molecular flexibility index (Phi) is 2.44. The number of hydrogen-bond acceptors (Lipinski definition) is 4. The summed E-state index contributed by atoms with van der Waals surface area (Å²) >= 11 is 0. The molecular formula is C11H10N2O3. The van der Waals surface area contributed by atoms with Crippen molar-refractivity contribution in [2.45, 2.75) is 13.8 Å². The third kappa shape index (κ3) is 1.56. The van der Waals surface area contributed by atoms with E-state index >= 15 is 0 Å². The molecule has 2 aromatic rings. The molecule has 0 atom stereocenters. The van der Waals surface area contributed by atoms with Crippen LogP contribution in [0.15, 0.2) is 22.9 Å². The molecule has 16 heavy (non-hydrogen) atoms. The summed E-state index contributed by atoms with van der Waals surface area (Å²) in [5, 5.41) is 12.8. The maximum absolute atomic E-state index is 11.0. The van der Waals surface area contributed by atoms with Crippen molar-refractivity contribution in [2.75, 3.05) is 0 Å². The first-order valence-electron chi connectivity index (χ1n) is 4.73. The lowest BCUT2D eigenvalue weighted by molar-refractivity contribution is 0.0691. The van der Waals surface area contributed by atoms with Crippen LogP contribution in [-0.2, 0) is 0 Å². The molecule has 2 rings (SSSR count). The zero-order chi connectivity index (χ0) is 11.7. The number of hydrogen-bond donors (Lipinski definition) is 1. The van der Waals surface area contributed by atoms with Crippen LogP contribution in [0.3, 0.4) is 0 Å². The normalized spacial score (nSPS) is 10.4. The molecule has 82 valence electrons. The fourth-order valence-electron chi connectivity index (χ4n) is 1.64. The molecule has 0 aromatic carbocycles. The molecule has 0 unspecified atom stereocenters. The van der Waals surface area contributed by atoms with Gasteiger partial charge in [-0.3, -0.25) is 0 Å². The van der Waals surface area contributed by atoms with E-state index in [0.717, 1.165) is 0 Å². The van der Waals surface area contributed by atoms with E-state index < -0.39 is 5.97 Å². The van der Waals surface area contributed by atoms with Gasteiger partial charge in [0.05, 0.1) is 5.69 Å². The Hall–Kier alpha value is -2.17. The Labute approximate surface area is 91.7 Å². The number of pyridine rings is 1. The van der Waals surface area contributed by atoms with E-state index in [-0.39, 0.29) is 5.69 Å². The molecule has 1 N–H and O–H groups in total. The predicted octanol–water partition coefficient (Wildman–Crippen LogP) is 2.05. The number of aryl methyl sites for hydroxylation is 2. The van der Waals surface area contributed by atoms with Crippen LogP contribution in [0.25, 0.3) is 11.1 Å². The van der Waals surface area contributed by atoms with E-state index in [9.17, 15) is 4.79 Å². The van der Waals surface area contributed by atoms with Gasteiger partial charge in [-0.25, -0.2) is 9.78 Å². The van der Waals surface area contributed by atoms with E-state index in [1.165, 1.54) is 6.20 Å². The summed E-state index contributed by atoms with van der Waals surface area (Å²) in [5.41, 5.74) is 1.90. The Morgan fingerprint density at radius 3 is 2.75 bits per heavy atom. The second-order valence-electron chi connectivity index (χ2n) is 3.40. The van der Waals surface area contributed by atoms with Crippen molar-refractivity contribution in [2.24, 2.45) is 0 Å². The fraction of sp³-hybridized carbons (Fsp3) is 0.182. The Bertz CT molecular complexity index is 526. The quantitative estimate of drug-likeness (QED) is 0.834. The molecule has 0 amide bonds. The highest BCUT2D eigenvalue weighted by Gasteiger charge is 2.18. The summed E-state index contributed by atoms with van der Waals surface area (Å²) < 4.78 is 5.01. The molecule has 5 nitrogen and oxygen atoms in total. The van der Waals surface area contributed by atoms with Gasteiger partial charge in [0.25, 0.3) is 0 Å². The molecule has 0 bridgehead atoms. The van der Waals surface area contributed by atoms with Gasteiger partial charge in [-0.05, 0) is 19.9 Å². The minimum atomic E-state index is -1.06. The number of rotatable bonds is 2. The van der Waals surface area contributed by atoms with Crippen LogP contribution in [0.2, 0.25) is 0 Å². The number of carbonyl (C=O) groups is 1. The maximum atomic E-state index is 11.0. The van der Waals surface area contributed by atoms with Crippen LogP contribution in [0.1, 0.15) is 21.9 Å². The van der Waals surface area contributed by atoms with E-state index in [1.54, 1.807) is 26.0 Å². The van der Waals surface area contributed by atoms with E-state index in [2.05, 4.69) is 10.1 Å². The summed E-state index contributed by atoms with van der Waals surface area (Å²) in [7, 11) is 0. The van der Waals surface area contributed by atoms with Crippen LogP contribution in [0.4, 0.5) is 0 Å². The van der Waals surface area contributed by atoms with Gasteiger partial charge in [0.15, 0.2) is 5.69 Å². The summed E-state index contributed by atoms with van der Waals surface area (Å²) in [6, 6.07) is 3.39. The van der Waals surface area contributed by atoms with Crippen LogP contribution < -0.4 is 0 Å². The van der Waals surface area contributed by atoms with Gasteiger partial charge in [0.1, 0.15) is 5.76 Å². The number of carboxylic acid groups (broad SMARTS) is 1. The summed E-state index contributed by atoms with van der Waals surface area (Å²) in [5.74, 6) is -0.469. The van der Waals surface area contributed by atoms with Gasteiger partial charge < -0.3 is 9.63 Å². The van der Waals surface area contributed by atoms with Crippen molar-refractivity contribution < 1.29 is 14.4 Å². The van der Waals surface area contributed by atoms with Gasteiger partial charge in [-0.2, -0.15) is 0 Å². The first-order chi connectivity index (χ1) is 7.61. The van der Waals surface area contributed by atoms with Crippen LogP contribution in [-0.4, -0.2) is 21.2 Å². The molecule has 0 spiro atoms. The third-order valence-corrected chi connectivity index (χ3v) is 2.31. The molecule has 2 aromatic heterocycles. The lowest BCUT2D eigenvalue weighted by Crippen LogP contribution is -2.03. The van der Waals surface area contributed by atoms with Crippen LogP contribution in [0.5, 0.6) is 0 Å². The van der Waals surface area contributed by atoms with Crippen molar-refractivity contribution in [1.29, 1.82) is 0 Å². The third-order valence-electron chi connectivity index (χ3n) is 2.31. The van der Waals surface area contributed by atoms with Gasteiger partial charge in [-0.15, -0.1) is 0 Å². The van der Waals surface area contributed by atoms with Crippen molar-refractivity contribution in [3.05, 3.63) is 35.5 Å². The topological polar surface area (TPSA) is 76.2 Å². The van der Waals surface area contributed by atoms with Crippen molar-refractivity contribution >= 4 is 5.97 Å². The molecular weight excluding hydrogens is 208 g/mol. The summed E-state index contributed by atoms with van der Waals surface area (Å²) in [6.45, 7) is 3.51. The second kappa shape index (κ2) is 3.77. The zero-order valence-electron chi connectivity index (χ0n) is 8.89. The summed E-state index contributed by atoms with van der Waals surface area (Å²) in [4.78, 5) is 14.9. The Balaban J connectivity index is 2.69. The number of aromatic nitrogens is 2. The average Bonchev–Trinajstić information content (AvgIpc) is 2.58. The lowest BCUT2D eigenvalue weighted by atomic mass is 10.0. The van der Waals surface area contributed by atoms with Gasteiger partial charge in [-0.1, -0.05) is 11.2 Å². The largest absolute Gasteiger partial charge is 0.476 e. The molecule has 0 radical (unpaired) electrons. The fourth-order valence-corrected chi connectivity index (χ4v) is 1.64. The minimum Gasteiger partial charge on any atom is -0.476 e. The van der Waals surface area contributed by atoms with E-state index in [1.807, 2.05) is 0 Å². The highest BCUT2D eigenvalue weighted by molar-refractivity contribution is 5.94. The highest BCUT2D eigenvalue weighted by atomic mass is 16.5. The van der Waals surface area contributed by atoms with Gasteiger partial charge in [0, 0.05) is 17.3 Å². The molecule has 5 heteroatoms. The smallest absolute Gasteiger partial charge is 0.355 e. The SMILES string of the molecule is Cc1noc(C)c1-c1cccnc1C(=O)O. The van der Waals surface area contributed by atoms with Gasteiger partial charge >= 0.3 is 5.97 Å². The average molecular weight is 218 g/mol. The first-order valence-corrected chi connectivity index (χ1v) is 4.73. The van der Waals surface area contributed by atoms with Crippen molar-refractivity contribution in [3.63, 3.8) is 0 Å². The van der Waals surface area contributed by atoms with Crippen LogP contribution >= 0.6 is 0 Å². The van der Waals surface area contributed by atoms with Crippen LogP contribution in [0, 0.1) is 13.8 Å².